The van der Waals surface area contributed by atoms with E-state index in [1.54, 1.807) is 17.0 Å². The van der Waals surface area contributed by atoms with Crippen LogP contribution in [0.5, 0.6) is 0 Å². The molecule has 0 spiro atoms. The van der Waals surface area contributed by atoms with Crippen molar-refractivity contribution in [1.82, 2.24) is 18.9 Å². The van der Waals surface area contributed by atoms with E-state index in [0.29, 0.717) is 25.4 Å². The van der Waals surface area contributed by atoms with Gasteiger partial charge in [0.2, 0.25) is 11.7 Å². The number of aryl methyl sites for hydroxylation is 1. The number of nitrogens with zero attached hydrogens (tertiary/aromatic N) is 4. The Morgan fingerprint density at radius 3 is 2.94 bits per heavy atom. The van der Waals surface area contributed by atoms with Crippen molar-refractivity contribution in [3.05, 3.63) is 22.9 Å². The van der Waals surface area contributed by atoms with Gasteiger partial charge in [0.1, 0.15) is 0 Å². The van der Waals surface area contributed by atoms with E-state index in [-0.39, 0.29) is 11.9 Å². The summed E-state index contributed by atoms with van der Waals surface area (Å²) in [6.45, 7) is 2.25. The lowest BCUT2D eigenvalue weighted by Gasteiger charge is -2.04. The van der Waals surface area contributed by atoms with Gasteiger partial charge in [-0.1, -0.05) is 0 Å². The molecule has 2 aromatic rings. The fraction of sp³-hybridized carbons (Fsp3) is 0.400. The Labute approximate surface area is 102 Å². The van der Waals surface area contributed by atoms with Crippen LogP contribution < -0.4 is 11.4 Å². The number of imidazole rings is 1. The molecule has 0 saturated carbocycles. The fourth-order valence-electron chi connectivity index (χ4n) is 1.59. The van der Waals surface area contributed by atoms with Crippen molar-refractivity contribution in [1.29, 1.82) is 0 Å². The van der Waals surface area contributed by atoms with Gasteiger partial charge in [-0.3, -0.25) is 4.79 Å². The quantitative estimate of drug-likeness (QED) is 0.576. The predicted octanol–water partition coefficient (Wildman–Crippen LogP) is -0.574. The number of anilines is 1. The molecule has 0 unspecified atom stereocenters. The minimum atomic E-state index is -0.462. The first-order valence-electron chi connectivity index (χ1n) is 5.42. The van der Waals surface area contributed by atoms with Crippen LogP contribution in [-0.2, 0) is 16.1 Å². The minimum Gasteiger partial charge on any atom is -0.466 e. The summed E-state index contributed by atoms with van der Waals surface area (Å²) in [7, 11) is 0. The molecule has 8 nitrogen and oxygen atoms in total. The number of hydrogen-bond acceptors (Lipinski definition) is 6. The molecule has 2 aromatic heterocycles. The van der Waals surface area contributed by atoms with E-state index in [4.69, 9.17) is 10.5 Å². The van der Waals surface area contributed by atoms with Gasteiger partial charge in [-0.05, 0) is 6.42 Å². The number of carbonyl (C=O) groups excluding carboxylic acids is 1. The van der Waals surface area contributed by atoms with Gasteiger partial charge in [0.15, 0.2) is 0 Å². The number of esters is 1. The maximum absolute atomic E-state index is 11.5. The largest absolute Gasteiger partial charge is 0.466 e. The summed E-state index contributed by atoms with van der Waals surface area (Å²) < 4.78 is 7.88. The Morgan fingerprint density at radius 1 is 1.44 bits per heavy atom. The van der Waals surface area contributed by atoms with E-state index in [1.807, 2.05) is 0 Å². The first-order chi connectivity index (χ1) is 8.58. The van der Waals surface area contributed by atoms with Crippen molar-refractivity contribution in [2.24, 2.45) is 0 Å². The van der Waals surface area contributed by atoms with Crippen LogP contribution in [0, 0.1) is 0 Å². The minimum absolute atomic E-state index is 0.0556. The molecule has 0 aliphatic carbocycles. The molecule has 0 aliphatic rings. The standard InChI is InChI=1S/C10H13N5O3/c1-7(16)18-6-2-3-14-4-5-15-9(14)12-8(11)13-10(15)17/h4-5H,2-3,6H2,1H3,(H2,11,13,17). The van der Waals surface area contributed by atoms with Gasteiger partial charge in [0.05, 0.1) is 6.61 Å². The Kier molecular flexibility index (Phi) is 3.26. The van der Waals surface area contributed by atoms with E-state index in [0.717, 1.165) is 0 Å². The van der Waals surface area contributed by atoms with Crippen molar-refractivity contribution < 1.29 is 9.53 Å². The SMILES string of the molecule is CC(=O)OCCCn1ccn2c(=O)nc(N)nc12. The molecule has 2 N–H and O–H groups in total. The van der Waals surface area contributed by atoms with Crippen LogP contribution in [0.25, 0.3) is 5.78 Å². The number of ether oxygens (including phenoxy) is 1. The van der Waals surface area contributed by atoms with Crippen LogP contribution >= 0.6 is 0 Å². The summed E-state index contributed by atoms with van der Waals surface area (Å²) in [6.07, 6.45) is 3.91. The zero-order valence-corrected chi connectivity index (χ0v) is 9.87. The zero-order chi connectivity index (χ0) is 13.1. The average molecular weight is 251 g/mol. The highest BCUT2D eigenvalue weighted by molar-refractivity contribution is 5.65. The number of fused-ring (bicyclic) bond motifs is 1. The second-order valence-corrected chi connectivity index (χ2v) is 3.72. The molecular weight excluding hydrogens is 238 g/mol. The molecule has 0 fully saturated rings. The zero-order valence-electron chi connectivity index (χ0n) is 9.87. The van der Waals surface area contributed by atoms with Crippen LogP contribution in [-0.4, -0.2) is 31.5 Å². The number of aromatic nitrogens is 4. The summed E-state index contributed by atoms with van der Waals surface area (Å²) in [4.78, 5) is 29.6. The molecule has 0 radical (unpaired) electrons. The van der Waals surface area contributed by atoms with Crippen molar-refractivity contribution in [3.63, 3.8) is 0 Å². The second-order valence-electron chi connectivity index (χ2n) is 3.72. The van der Waals surface area contributed by atoms with Gasteiger partial charge < -0.3 is 15.0 Å². The monoisotopic (exact) mass is 251 g/mol. The van der Waals surface area contributed by atoms with Crippen molar-refractivity contribution in [2.45, 2.75) is 19.9 Å². The van der Waals surface area contributed by atoms with E-state index in [1.165, 1.54) is 11.3 Å². The lowest BCUT2D eigenvalue weighted by Crippen LogP contribution is -2.20. The smallest absolute Gasteiger partial charge is 0.357 e. The first-order valence-corrected chi connectivity index (χ1v) is 5.42. The van der Waals surface area contributed by atoms with Gasteiger partial charge in [0.25, 0.3) is 0 Å². The molecule has 2 rings (SSSR count). The van der Waals surface area contributed by atoms with Gasteiger partial charge >= 0.3 is 11.7 Å². The first kappa shape index (κ1) is 12.1. The van der Waals surface area contributed by atoms with Gasteiger partial charge in [-0.25, -0.2) is 9.20 Å². The Hall–Kier alpha value is -2.38. The highest BCUT2D eigenvalue weighted by Gasteiger charge is 2.06. The molecule has 0 atom stereocenters. The molecule has 0 aliphatic heterocycles. The van der Waals surface area contributed by atoms with Crippen LogP contribution in [0.4, 0.5) is 5.95 Å². The van der Waals surface area contributed by atoms with Crippen molar-refractivity contribution in [2.75, 3.05) is 12.3 Å². The highest BCUT2D eigenvalue weighted by Crippen LogP contribution is 2.02. The maximum atomic E-state index is 11.5. The third-order valence-corrected chi connectivity index (χ3v) is 2.35. The van der Waals surface area contributed by atoms with Gasteiger partial charge in [-0.2, -0.15) is 9.97 Å². The fourth-order valence-corrected chi connectivity index (χ4v) is 1.59. The molecular formula is C10H13N5O3. The molecule has 8 heteroatoms. The van der Waals surface area contributed by atoms with E-state index in [9.17, 15) is 9.59 Å². The Bertz CT molecular complexity index is 630. The van der Waals surface area contributed by atoms with Crippen LogP contribution in [0.15, 0.2) is 17.2 Å². The molecule has 0 aromatic carbocycles. The van der Waals surface area contributed by atoms with Gasteiger partial charge in [0, 0.05) is 25.9 Å². The van der Waals surface area contributed by atoms with Crippen molar-refractivity contribution in [3.8, 4) is 0 Å². The molecule has 96 valence electrons. The molecule has 0 amide bonds. The van der Waals surface area contributed by atoms with E-state index >= 15 is 0 Å². The molecule has 18 heavy (non-hydrogen) atoms. The Morgan fingerprint density at radius 2 is 2.22 bits per heavy atom. The second kappa shape index (κ2) is 4.86. The lowest BCUT2D eigenvalue weighted by atomic mass is 10.4. The summed E-state index contributed by atoms with van der Waals surface area (Å²) in [5.74, 6) is 0.0606. The normalized spacial score (nSPS) is 10.7. The summed E-state index contributed by atoms with van der Waals surface area (Å²) >= 11 is 0. The lowest BCUT2D eigenvalue weighted by molar-refractivity contribution is -0.141. The summed E-state index contributed by atoms with van der Waals surface area (Å²) in [5.41, 5.74) is 4.97. The Balaban J connectivity index is 2.14. The third-order valence-electron chi connectivity index (χ3n) is 2.35. The summed E-state index contributed by atoms with van der Waals surface area (Å²) in [5, 5.41) is 0. The van der Waals surface area contributed by atoms with Gasteiger partial charge in [-0.15, -0.1) is 0 Å². The number of carbonyl (C=O) groups is 1. The molecule has 0 saturated heterocycles. The maximum Gasteiger partial charge on any atom is 0.357 e. The van der Waals surface area contributed by atoms with Crippen LogP contribution in [0.1, 0.15) is 13.3 Å². The van der Waals surface area contributed by atoms with E-state index in [2.05, 4.69) is 9.97 Å². The molecule has 0 bridgehead atoms. The highest BCUT2D eigenvalue weighted by atomic mass is 16.5. The number of hydrogen-bond donors (Lipinski definition) is 1. The average Bonchev–Trinajstić information content (AvgIpc) is 2.67. The van der Waals surface area contributed by atoms with Crippen molar-refractivity contribution >= 4 is 17.7 Å². The van der Waals surface area contributed by atoms with E-state index < -0.39 is 5.69 Å². The summed E-state index contributed by atoms with van der Waals surface area (Å²) in [6, 6.07) is 0. The third kappa shape index (κ3) is 2.47. The topological polar surface area (TPSA) is 105 Å². The number of rotatable bonds is 4. The number of nitrogen functional groups attached to an aromatic ring is 1. The van der Waals surface area contributed by atoms with Crippen LogP contribution in [0.3, 0.4) is 0 Å². The van der Waals surface area contributed by atoms with Crippen LogP contribution in [0.2, 0.25) is 0 Å². The predicted molar refractivity (Wildman–Crippen MR) is 62.9 cm³/mol. The number of nitrogens with two attached hydrogens (primary N) is 1. The molecule has 2 heterocycles.